The van der Waals surface area contributed by atoms with Crippen molar-refractivity contribution in [1.82, 2.24) is 9.88 Å². The Morgan fingerprint density at radius 3 is 2.87 bits per heavy atom. The number of ether oxygens (including phenoxy) is 1. The van der Waals surface area contributed by atoms with Crippen LogP contribution in [-0.2, 0) is 32.6 Å². The second kappa shape index (κ2) is 8.47. The number of hydrogen-bond donors (Lipinski definition) is 1. The Morgan fingerprint density at radius 2 is 2.13 bits per heavy atom. The van der Waals surface area contributed by atoms with Crippen molar-refractivity contribution in [3.05, 3.63) is 44.9 Å². The van der Waals surface area contributed by atoms with Crippen LogP contribution in [0.25, 0.3) is 0 Å². The van der Waals surface area contributed by atoms with Crippen LogP contribution in [0.3, 0.4) is 0 Å². The predicted molar refractivity (Wildman–Crippen MR) is 117 cm³/mol. The van der Waals surface area contributed by atoms with Gasteiger partial charge in [0.15, 0.2) is 0 Å². The van der Waals surface area contributed by atoms with Crippen LogP contribution in [0.15, 0.2) is 24.4 Å². The molecule has 2 aromatic rings. The van der Waals surface area contributed by atoms with Gasteiger partial charge in [0, 0.05) is 53.3 Å². The van der Waals surface area contributed by atoms with Crippen LogP contribution in [0.2, 0.25) is 5.02 Å². The molecule has 0 aliphatic carbocycles. The van der Waals surface area contributed by atoms with Crippen molar-refractivity contribution in [2.24, 2.45) is 5.73 Å². The summed E-state index contributed by atoms with van der Waals surface area (Å²) in [6.45, 7) is 1.52. The minimum Gasteiger partial charge on any atom is -0.453 e. The molecule has 1 saturated heterocycles. The average Bonchev–Trinajstić information content (AvgIpc) is 3.45. The molecule has 3 heterocycles. The van der Waals surface area contributed by atoms with E-state index >= 15 is 0 Å². The lowest BCUT2D eigenvalue weighted by atomic mass is 9.81. The quantitative estimate of drug-likeness (QED) is 0.734. The molecule has 8 nitrogen and oxygen atoms in total. The second-order valence-corrected chi connectivity index (χ2v) is 9.56. The first kappa shape index (κ1) is 21.6. The predicted octanol–water partition coefficient (Wildman–Crippen LogP) is 2.51. The number of aryl methyl sites for hydroxylation is 1. The molecule has 3 amide bonds. The van der Waals surface area contributed by atoms with E-state index in [1.165, 1.54) is 18.4 Å². The van der Waals surface area contributed by atoms with E-state index in [0.29, 0.717) is 36.1 Å². The number of methoxy groups -OCH3 is 1. The molecule has 31 heavy (non-hydrogen) atoms. The van der Waals surface area contributed by atoms with Crippen LogP contribution in [0.4, 0.5) is 10.5 Å². The van der Waals surface area contributed by atoms with E-state index < -0.39 is 0 Å². The maximum Gasteiger partial charge on any atom is 0.409 e. The third-order valence-electron chi connectivity index (χ3n) is 5.89. The summed E-state index contributed by atoms with van der Waals surface area (Å²) in [7, 11) is 1.37. The van der Waals surface area contributed by atoms with E-state index in [1.807, 2.05) is 12.1 Å². The number of carbonyl (C=O) groups excluding carboxylic acids is 3. The lowest BCUT2D eigenvalue weighted by Crippen LogP contribution is -2.40. The van der Waals surface area contributed by atoms with Crippen LogP contribution >= 0.6 is 22.9 Å². The van der Waals surface area contributed by atoms with Gasteiger partial charge in [0.25, 0.3) is 0 Å². The van der Waals surface area contributed by atoms with Gasteiger partial charge in [0.2, 0.25) is 11.8 Å². The summed E-state index contributed by atoms with van der Waals surface area (Å²) in [6.07, 6.45) is 3.01. The van der Waals surface area contributed by atoms with E-state index in [2.05, 4.69) is 4.98 Å². The molecule has 1 aromatic carbocycles. The van der Waals surface area contributed by atoms with Gasteiger partial charge in [-0.05, 0) is 36.6 Å². The number of primary amides is 1. The van der Waals surface area contributed by atoms with Gasteiger partial charge >= 0.3 is 6.09 Å². The van der Waals surface area contributed by atoms with E-state index in [9.17, 15) is 14.4 Å². The number of likely N-dealkylation sites (tertiary alicyclic amines) is 1. The van der Waals surface area contributed by atoms with Gasteiger partial charge in [-0.1, -0.05) is 11.6 Å². The fourth-order valence-corrected chi connectivity index (χ4v) is 5.47. The number of nitrogens with zero attached hydrogens (tertiary/aromatic N) is 3. The van der Waals surface area contributed by atoms with Crippen LogP contribution < -0.4 is 10.6 Å². The van der Waals surface area contributed by atoms with E-state index in [0.717, 1.165) is 22.5 Å². The number of hydrogen-bond acceptors (Lipinski definition) is 6. The summed E-state index contributed by atoms with van der Waals surface area (Å²) in [5.41, 5.74) is 6.65. The lowest BCUT2D eigenvalue weighted by Gasteiger charge is -2.25. The highest BCUT2D eigenvalue weighted by molar-refractivity contribution is 7.11. The van der Waals surface area contributed by atoms with Gasteiger partial charge in [-0.2, -0.15) is 0 Å². The number of amides is 3. The molecule has 1 spiro atoms. The minimum absolute atomic E-state index is 0.0623. The fourth-order valence-electron chi connectivity index (χ4n) is 4.39. The summed E-state index contributed by atoms with van der Waals surface area (Å²) in [5.74, 6) is -0.422. The zero-order chi connectivity index (χ0) is 22.2. The minimum atomic E-state index is -0.364. The summed E-state index contributed by atoms with van der Waals surface area (Å²) >= 11 is 7.69. The molecular formula is C21H23ClN4O4S. The first-order chi connectivity index (χ1) is 14.8. The smallest absolute Gasteiger partial charge is 0.409 e. The van der Waals surface area contributed by atoms with Crippen LogP contribution in [-0.4, -0.2) is 54.5 Å². The number of benzene rings is 1. The number of halogens is 1. The zero-order valence-corrected chi connectivity index (χ0v) is 18.7. The second-order valence-electron chi connectivity index (χ2n) is 7.93. The molecule has 10 heteroatoms. The topological polar surface area (TPSA) is 106 Å². The molecule has 1 unspecified atom stereocenters. The third-order valence-corrected chi connectivity index (χ3v) is 7.18. The molecule has 1 aromatic heterocycles. The summed E-state index contributed by atoms with van der Waals surface area (Å²) in [5, 5.41) is 1.30. The van der Waals surface area contributed by atoms with Gasteiger partial charge in [0.1, 0.15) is 5.01 Å². The highest BCUT2D eigenvalue weighted by Gasteiger charge is 2.50. The summed E-state index contributed by atoms with van der Waals surface area (Å²) in [6, 6.07) is 5.54. The molecule has 0 radical (unpaired) electrons. The van der Waals surface area contributed by atoms with Gasteiger partial charge in [-0.15, -0.1) is 11.3 Å². The van der Waals surface area contributed by atoms with E-state index in [-0.39, 0.29) is 36.2 Å². The molecule has 1 fully saturated rings. The largest absolute Gasteiger partial charge is 0.453 e. The maximum atomic E-state index is 13.2. The van der Waals surface area contributed by atoms with Crippen molar-refractivity contribution >= 4 is 46.5 Å². The number of fused-ring (bicyclic) bond motifs is 2. The van der Waals surface area contributed by atoms with Crippen molar-refractivity contribution in [2.45, 2.75) is 31.1 Å². The summed E-state index contributed by atoms with van der Waals surface area (Å²) < 4.78 is 4.88. The molecule has 2 aliphatic heterocycles. The Bertz CT molecular complexity index is 1040. The molecule has 0 bridgehead atoms. The number of rotatable bonds is 5. The lowest BCUT2D eigenvalue weighted by molar-refractivity contribution is -0.118. The Kier molecular flexibility index (Phi) is 5.90. The van der Waals surface area contributed by atoms with E-state index in [4.69, 9.17) is 22.1 Å². The highest BCUT2D eigenvalue weighted by atomic mass is 35.5. The highest BCUT2D eigenvalue weighted by Crippen LogP contribution is 2.47. The van der Waals surface area contributed by atoms with Gasteiger partial charge in [-0.3, -0.25) is 9.59 Å². The number of thiazole rings is 1. The van der Waals surface area contributed by atoms with Gasteiger partial charge < -0.3 is 20.3 Å². The Balaban J connectivity index is 1.54. The number of nitrogens with two attached hydrogens (primary N) is 1. The SMILES string of the molecule is COC(=O)N1CCC2(C1)CN(C(=O)Cc1ncc(CCC(N)=O)s1)c1ccc(Cl)cc12. The molecule has 4 rings (SSSR count). The number of anilines is 1. The zero-order valence-electron chi connectivity index (χ0n) is 17.1. The summed E-state index contributed by atoms with van der Waals surface area (Å²) in [4.78, 5) is 45.0. The standard InChI is InChI=1S/C21H23ClN4O4S/c1-30-20(29)25-7-6-21(11-25)12-26(16-4-2-13(22)8-15(16)21)19(28)9-18-24-10-14(31-18)3-5-17(23)27/h2,4,8,10H,3,5-7,9,11-12H2,1H3,(H2,23,27). The van der Waals surface area contributed by atoms with Gasteiger partial charge in [0.05, 0.1) is 13.5 Å². The maximum absolute atomic E-state index is 13.2. The van der Waals surface area contributed by atoms with Crippen molar-refractivity contribution in [1.29, 1.82) is 0 Å². The van der Waals surface area contributed by atoms with Crippen molar-refractivity contribution in [3.63, 3.8) is 0 Å². The molecule has 2 N–H and O–H groups in total. The van der Waals surface area contributed by atoms with Crippen LogP contribution in [0.1, 0.15) is 28.3 Å². The molecule has 0 saturated carbocycles. The average molecular weight is 463 g/mol. The van der Waals surface area contributed by atoms with Gasteiger partial charge in [-0.25, -0.2) is 9.78 Å². The van der Waals surface area contributed by atoms with Crippen LogP contribution in [0.5, 0.6) is 0 Å². The Labute approximate surface area is 188 Å². The molecule has 1 atom stereocenters. The first-order valence-electron chi connectivity index (χ1n) is 9.96. The van der Waals surface area contributed by atoms with Crippen molar-refractivity contribution in [3.8, 4) is 0 Å². The normalized spacial score (nSPS) is 19.7. The van der Waals surface area contributed by atoms with Crippen molar-refractivity contribution in [2.75, 3.05) is 31.6 Å². The van der Waals surface area contributed by atoms with Crippen molar-refractivity contribution < 1.29 is 19.1 Å². The first-order valence-corrected chi connectivity index (χ1v) is 11.2. The molecule has 164 valence electrons. The molecule has 2 aliphatic rings. The Hall–Kier alpha value is -2.65. The molecular weight excluding hydrogens is 440 g/mol. The number of carbonyl (C=O) groups is 3. The monoisotopic (exact) mass is 462 g/mol. The number of aromatic nitrogens is 1. The van der Waals surface area contributed by atoms with Crippen LogP contribution in [0, 0.1) is 0 Å². The fraction of sp³-hybridized carbons (Fsp3) is 0.429. The Morgan fingerprint density at radius 1 is 1.32 bits per heavy atom. The van der Waals surface area contributed by atoms with E-state index in [1.54, 1.807) is 22.1 Å². The third kappa shape index (κ3) is 4.24.